The number of amides is 4. The average molecular weight is 655 g/mol. The molecule has 2 aliphatic rings. The summed E-state index contributed by atoms with van der Waals surface area (Å²) >= 11 is 6.29. The molecule has 4 amide bonds. The molecule has 0 spiro atoms. The molecule has 248 valence electrons. The van der Waals surface area contributed by atoms with Gasteiger partial charge in [-0.3, -0.25) is 0 Å². The minimum atomic E-state index is -1.33. The Hall–Kier alpha value is -2.54. The predicted molar refractivity (Wildman–Crippen MR) is 173 cm³/mol. The molecule has 13 heteroatoms. The number of benzene rings is 1. The van der Waals surface area contributed by atoms with Gasteiger partial charge in [-0.2, -0.15) is 0 Å². The van der Waals surface area contributed by atoms with Gasteiger partial charge in [0.05, 0.1) is 19.3 Å². The number of carbonyl (C=O) groups is 3. The van der Waals surface area contributed by atoms with E-state index in [9.17, 15) is 14.4 Å². The molecule has 4 atom stereocenters. The minimum absolute atomic E-state index is 0.00740. The number of urea groups is 1. The molecule has 2 saturated heterocycles. The van der Waals surface area contributed by atoms with Crippen molar-refractivity contribution in [3.8, 4) is 0 Å². The first-order valence-electron chi connectivity index (χ1n) is 15.8. The van der Waals surface area contributed by atoms with Crippen LogP contribution in [0.25, 0.3) is 0 Å². The zero-order chi connectivity index (χ0) is 32.1. The smallest absolute Gasteiger partial charge is 0.409 e. The van der Waals surface area contributed by atoms with Crippen molar-refractivity contribution in [3.05, 3.63) is 34.9 Å². The van der Waals surface area contributed by atoms with Gasteiger partial charge in [0.25, 0.3) is 0 Å². The molecule has 3 N–H and O–H groups in total. The van der Waals surface area contributed by atoms with E-state index in [0.717, 1.165) is 43.9 Å². The number of hydrogen-bond donors (Lipinski definition) is 3. The number of carbonyl (C=O) groups excluding carboxylic acids is 2. The number of likely N-dealkylation sites (tertiary alicyclic amines) is 1. The van der Waals surface area contributed by atoms with Crippen LogP contribution in [0.15, 0.2) is 24.3 Å². The van der Waals surface area contributed by atoms with E-state index in [2.05, 4.69) is 30.3 Å². The standard InChI is InChI=1S/C31H51ClN4O7Si/c1-35(31(40)43-16-17-44(2,3)4)21-27(18-23-8-7-14-41-22-23)34-29(37)36-13-6-10-25(20-36)28(42-15-12-33-30(38)39)24-9-5-11-26(32)19-24/h5,9,11,19,23,25,27-28,33H,6-8,10,12-18,20-22H2,1-4H3,(H,34,37)(H,38,39)/t23-,25-,27+,28+/m1/s1. The largest absolute Gasteiger partial charge is 0.465 e. The fraction of sp³-hybridized carbons (Fsp3) is 0.710. The highest BCUT2D eigenvalue weighted by Gasteiger charge is 2.33. The van der Waals surface area contributed by atoms with Crippen molar-refractivity contribution in [2.24, 2.45) is 11.8 Å². The number of halogens is 1. The normalized spacial score (nSPS) is 20.3. The van der Waals surface area contributed by atoms with Crippen LogP contribution in [-0.4, -0.2) is 107 Å². The molecule has 2 fully saturated rings. The Morgan fingerprint density at radius 1 is 1.20 bits per heavy atom. The van der Waals surface area contributed by atoms with Crippen molar-refractivity contribution in [1.29, 1.82) is 0 Å². The summed E-state index contributed by atoms with van der Waals surface area (Å²) in [6.07, 6.45) is 2.54. The lowest BCUT2D eigenvalue weighted by Gasteiger charge is -2.38. The SMILES string of the molecule is CN(C[C@H](C[C@H]1CCCOC1)NC(=O)N1CCC[C@@H]([C@@H](OCCNC(=O)O)c2cccc(Cl)c2)C1)C(=O)OCC[Si](C)(C)C. The van der Waals surface area contributed by atoms with Gasteiger partial charge in [-0.05, 0) is 61.8 Å². The Kier molecular flexibility index (Phi) is 14.5. The lowest BCUT2D eigenvalue weighted by atomic mass is 9.88. The Bertz CT molecular complexity index is 1070. The molecule has 2 aliphatic heterocycles. The average Bonchev–Trinajstić information content (AvgIpc) is 2.96. The van der Waals surface area contributed by atoms with Crippen molar-refractivity contribution in [2.75, 3.05) is 59.7 Å². The van der Waals surface area contributed by atoms with Gasteiger partial charge in [-0.15, -0.1) is 0 Å². The van der Waals surface area contributed by atoms with Crippen LogP contribution < -0.4 is 10.6 Å². The second-order valence-electron chi connectivity index (χ2n) is 13.2. The maximum atomic E-state index is 13.7. The molecular weight excluding hydrogens is 604 g/mol. The van der Waals surface area contributed by atoms with Crippen LogP contribution in [0.3, 0.4) is 0 Å². The number of carboxylic acid groups (broad SMARTS) is 1. The Morgan fingerprint density at radius 3 is 2.68 bits per heavy atom. The zero-order valence-corrected chi connectivity index (χ0v) is 28.4. The third-order valence-electron chi connectivity index (χ3n) is 8.11. The number of rotatable bonds is 14. The Balaban J connectivity index is 1.66. The molecule has 0 bridgehead atoms. The molecule has 1 aromatic rings. The molecule has 0 radical (unpaired) electrons. The van der Waals surface area contributed by atoms with Crippen LogP contribution >= 0.6 is 11.6 Å². The van der Waals surface area contributed by atoms with Crippen molar-refractivity contribution in [1.82, 2.24) is 20.4 Å². The lowest BCUT2D eigenvalue weighted by molar-refractivity contribution is -0.00867. The molecule has 0 unspecified atom stereocenters. The summed E-state index contributed by atoms with van der Waals surface area (Å²) in [4.78, 5) is 40.8. The molecule has 0 saturated carbocycles. The maximum Gasteiger partial charge on any atom is 0.409 e. The molecule has 0 aliphatic carbocycles. The topological polar surface area (TPSA) is 130 Å². The third kappa shape index (κ3) is 12.8. The van der Waals surface area contributed by atoms with Gasteiger partial charge in [-0.1, -0.05) is 43.4 Å². The van der Waals surface area contributed by atoms with Gasteiger partial charge < -0.3 is 39.8 Å². The summed E-state index contributed by atoms with van der Waals surface area (Å²) in [6, 6.07) is 7.94. The van der Waals surface area contributed by atoms with E-state index < -0.39 is 14.2 Å². The zero-order valence-electron chi connectivity index (χ0n) is 26.7. The number of hydrogen-bond acceptors (Lipinski definition) is 6. The van der Waals surface area contributed by atoms with E-state index in [4.69, 9.17) is 30.9 Å². The quantitative estimate of drug-likeness (QED) is 0.174. The van der Waals surface area contributed by atoms with E-state index in [1.165, 1.54) is 0 Å². The van der Waals surface area contributed by atoms with Gasteiger partial charge in [-0.25, -0.2) is 14.4 Å². The Labute approximate surface area is 267 Å². The predicted octanol–water partition coefficient (Wildman–Crippen LogP) is 5.68. The monoisotopic (exact) mass is 654 g/mol. The van der Waals surface area contributed by atoms with Gasteiger partial charge in [0, 0.05) is 71.5 Å². The van der Waals surface area contributed by atoms with Crippen LogP contribution in [0.5, 0.6) is 0 Å². The summed E-state index contributed by atoms with van der Waals surface area (Å²) in [6.45, 7) is 10.3. The van der Waals surface area contributed by atoms with Crippen LogP contribution in [-0.2, 0) is 14.2 Å². The highest BCUT2D eigenvalue weighted by Crippen LogP contribution is 2.34. The molecule has 2 heterocycles. The number of likely N-dealkylation sites (N-methyl/N-ethyl adjacent to an activating group) is 1. The van der Waals surface area contributed by atoms with Crippen LogP contribution in [0.1, 0.15) is 43.8 Å². The van der Waals surface area contributed by atoms with E-state index in [1.807, 2.05) is 23.1 Å². The molecule has 3 rings (SSSR count). The number of nitrogens with one attached hydrogen (secondary N) is 2. The lowest BCUT2D eigenvalue weighted by Crippen LogP contribution is -2.53. The highest BCUT2D eigenvalue weighted by molar-refractivity contribution is 6.76. The first kappa shape index (κ1) is 35.9. The summed E-state index contributed by atoms with van der Waals surface area (Å²) in [5, 5.41) is 15.1. The van der Waals surface area contributed by atoms with Gasteiger partial charge >= 0.3 is 18.2 Å². The second-order valence-corrected chi connectivity index (χ2v) is 19.3. The maximum absolute atomic E-state index is 13.7. The first-order valence-corrected chi connectivity index (χ1v) is 19.8. The molecule has 44 heavy (non-hydrogen) atoms. The van der Waals surface area contributed by atoms with Gasteiger partial charge in [0.1, 0.15) is 0 Å². The van der Waals surface area contributed by atoms with Crippen molar-refractivity contribution in [2.45, 2.75) is 69.9 Å². The molecule has 0 aromatic heterocycles. The number of piperidine rings is 1. The minimum Gasteiger partial charge on any atom is -0.465 e. The van der Waals surface area contributed by atoms with Gasteiger partial charge in [0.2, 0.25) is 0 Å². The Morgan fingerprint density at radius 2 is 2.00 bits per heavy atom. The highest BCUT2D eigenvalue weighted by atomic mass is 35.5. The molecule has 11 nitrogen and oxygen atoms in total. The second kappa shape index (κ2) is 17.8. The summed E-state index contributed by atoms with van der Waals surface area (Å²) < 4.78 is 17.5. The molecular formula is C31H51ClN4O7Si. The summed E-state index contributed by atoms with van der Waals surface area (Å²) in [7, 11) is 0.390. The number of ether oxygens (including phenoxy) is 3. The van der Waals surface area contributed by atoms with E-state index >= 15 is 0 Å². The van der Waals surface area contributed by atoms with Crippen molar-refractivity contribution in [3.63, 3.8) is 0 Å². The van der Waals surface area contributed by atoms with Crippen molar-refractivity contribution < 1.29 is 33.7 Å². The van der Waals surface area contributed by atoms with E-state index in [0.29, 0.717) is 50.2 Å². The van der Waals surface area contributed by atoms with Gasteiger partial charge in [0.15, 0.2) is 0 Å². The third-order valence-corrected chi connectivity index (χ3v) is 10.0. The van der Waals surface area contributed by atoms with Crippen molar-refractivity contribution >= 4 is 37.9 Å². The first-order chi connectivity index (χ1) is 20.9. The van der Waals surface area contributed by atoms with Crippen LogP contribution in [0.2, 0.25) is 30.7 Å². The fourth-order valence-corrected chi connectivity index (χ4v) is 6.69. The van der Waals surface area contributed by atoms with Crippen LogP contribution in [0.4, 0.5) is 14.4 Å². The number of nitrogens with zero attached hydrogens (tertiary/aromatic N) is 2. The van der Waals surface area contributed by atoms with Crippen LogP contribution in [0, 0.1) is 11.8 Å². The van der Waals surface area contributed by atoms with E-state index in [-0.39, 0.29) is 43.3 Å². The van der Waals surface area contributed by atoms with E-state index in [1.54, 1.807) is 18.0 Å². The summed E-state index contributed by atoms with van der Waals surface area (Å²) in [5.41, 5.74) is 0.893. The molecule has 1 aromatic carbocycles. The summed E-state index contributed by atoms with van der Waals surface area (Å²) in [5.74, 6) is 0.298. The fourth-order valence-electron chi connectivity index (χ4n) is 5.77.